The van der Waals surface area contributed by atoms with E-state index in [9.17, 15) is 4.79 Å². The van der Waals surface area contributed by atoms with Gasteiger partial charge in [-0.3, -0.25) is 9.69 Å². The van der Waals surface area contributed by atoms with E-state index in [-0.39, 0.29) is 5.91 Å². The molecule has 29 heavy (non-hydrogen) atoms. The van der Waals surface area contributed by atoms with Crippen LogP contribution < -0.4 is 5.32 Å². The number of nitrogens with zero attached hydrogens (tertiary/aromatic N) is 1. The van der Waals surface area contributed by atoms with Crippen molar-refractivity contribution in [2.75, 3.05) is 24.6 Å². The number of hydrogen-bond donors (Lipinski definition) is 1. The highest BCUT2D eigenvalue weighted by atomic mass is 32.2. The molecule has 1 N–H and O–H groups in total. The Balaban J connectivity index is 1.32. The smallest absolute Gasteiger partial charge is 0.251 e. The minimum absolute atomic E-state index is 0.0383. The van der Waals surface area contributed by atoms with Gasteiger partial charge in [-0.15, -0.1) is 23.5 Å². The second-order valence-electron chi connectivity index (χ2n) is 7.81. The van der Waals surface area contributed by atoms with Gasteiger partial charge in [0.25, 0.3) is 5.91 Å². The first kappa shape index (κ1) is 20.8. The first-order valence-electron chi connectivity index (χ1n) is 10.7. The summed E-state index contributed by atoms with van der Waals surface area (Å²) in [5.74, 6) is 2.51. The van der Waals surface area contributed by atoms with Crippen molar-refractivity contribution in [1.82, 2.24) is 10.2 Å². The van der Waals surface area contributed by atoms with E-state index in [1.807, 2.05) is 35.7 Å². The molecule has 1 unspecified atom stereocenters. The van der Waals surface area contributed by atoms with Gasteiger partial charge in [0.05, 0.1) is 4.58 Å². The summed E-state index contributed by atoms with van der Waals surface area (Å²) < 4.78 is 0.521. The lowest BCUT2D eigenvalue weighted by Crippen LogP contribution is -2.45. The molecule has 2 aliphatic rings. The largest absolute Gasteiger partial charge is 0.350 e. The summed E-state index contributed by atoms with van der Waals surface area (Å²) >= 11 is 4.03. The second-order valence-corrected chi connectivity index (χ2v) is 10.5. The van der Waals surface area contributed by atoms with Gasteiger partial charge in [-0.1, -0.05) is 43.3 Å². The summed E-state index contributed by atoms with van der Waals surface area (Å²) in [4.78, 5) is 15.2. The van der Waals surface area contributed by atoms with Crippen molar-refractivity contribution in [3.8, 4) is 0 Å². The van der Waals surface area contributed by atoms with Crippen molar-refractivity contribution in [1.29, 1.82) is 0 Å². The quantitative estimate of drug-likeness (QED) is 0.695. The maximum absolute atomic E-state index is 12.7. The van der Waals surface area contributed by atoms with Crippen LogP contribution in [0.25, 0.3) is 0 Å². The minimum atomic E-state index is 0.0383. The molecule has 3 nitrogen and oxygen atoms in total. The molecule has 2 aromatic rings. The number of carbonyl (C=O) groups is 1. The SMILES string of the molecule is CCC(CNC(=O)c1ccc(C2SCCCS2)cc1)N1CCc2ccccc2C1. The van der Waals surface area contributed by atoms with Crippen LogP contribution in [0.5, 0.6) is 0 Å². The Morgan fingerprint density at radius 2 is 1.83 bits per heavy atom. The molecular formula is C24H30N2OS2. The third kappa shape index (κ3) is 5.19. The van der Waals surface area contributed by atoms with Gasteiger partial charge in [0.1, 0.15) is 0 Å². The molecule has 0 spiro atoms. The first-order valence-corrected chi connectivity index (χ1v) is 12.8. The van der Waals surface area contributed by atoms with E-state index in [4.69, 9.17) is 0 Å². The fourth-order valence-electron chi connectivity index (χ4n) is 4.15. The highest BCUT2D eigenvalue weighted by Crippen LogP contribution is 2.43. The number of thioether (sulfide) groups is 2. The summed E-state index contributed by atoms with van der Waals surface area (Å²) in [6.45, 7) is 4.96. The van der Waals surface area contributed by atoms with E-state index >= 15 is 0 Å². The minimum Gasteiger partial charge on any atom is -0.350 e. The topological polar surface area (TPSA) is 32.3 Å². The van der Waals surface area contributed by atoms with Crippen LogP contribution in [0.15, 0.2) is 48.5 Å². The zero-order valence-electron chi connectivity index (χ0n) is 17.1. The Morgan fingerprint density at radius 3 is 2.55 bits per heavy atom. The fraction of sp³-hybridized carbons (Fsp3) is 0.458. The molecule has 1 atom stereocenters. The Kier molecular flexibility index (Phi) is 7.22. The van der Waals surface area contributed by atoms with Crippen LogP contribution in [-0.2, 0) is 13.0 Å². The molecule has 1 fully saturated rings. The van der Waals surface area contributed by atoms with Gasteiger partial charge in [-0.05, 0) is 59.6 Å². The van der Waals surface area contributed by atoms with E-state index in [1.54, 1.807) is 0 Å². The Labute approximate surface area is 183 Å². The van der Waals surface area contributed by atoms with E-state index < -0.39 is 0 Å². The Bertz CT molecular complexity index is 818. The second kappa shape index (κ2) is 10.1. The van der Waals surface area contributed by atoms with Crippen molar-refractivity contribution in [2.24, 2.45) is 0 Å². The average Bonchev–Trinajstić information content (AvgIpc) is 2.80. The van der Waals surface area contributed by atoms with Crippen LogP contribution >= 0.6 is 23.5 Å². The van der Waals surface area contributed by atoms with Crippen LogP contribution in [0, 0.1) is 0 Å². The average molecular weight is 427 g/mol. The summed E-state index contributed by atoms with van der Waals surface area (Å²) in [5.41, 5.74) is 4.99. The molecule has 2 aromatic carbocycles. The Hall–Kier alpha value is -1.43. The van der Waals surface area contributed by atoms with Gasteiger partial charge in [-0.2, -0.15) is 0 Å². The monoisotopic (exact) mass is 426 g/mol. The number of nitrogens with one attached hydrogen (secondary N) is 1. The number of carbonyl (C=O) groups excluding carboxylic acids is 1. The van der Waals surface area contributed by atoms with E-state index in [2.05, 4.69) is 53.5 Å². The third-order valence-corrected chi connectivity index (χ3v) is 8.93. The molecule has 1 saturated heterocycles. The summed E-state index contributed by atoms with van der Waals surface area (Å²) in [7, 11) is 0. The van der Waals surface area contributed by atoms with Crippen molar-refractivity contribution in [3.63, 3.8) is 0 Å². The lowest BCUT2D eigenvalue weighted by atomic mass is 9.98. The summed E-state index contributed by atoms with van der Waals surface area (Å²) in [6, 6.07) is 17.3. The molecule has 0 bridgehead atoms. The highest BCUT2D eigenvalue weighted by Gasteiger charge is 2.23. The van der Waals surface area contributed by atoms with Gasteiger partial charge in [0.2, 0.25) is 0 Å². The predicted molar refractivity (Wildman–Crippen MR) is 126 cm³/mol. The van der Waals surface area contributed by atoms with Crippen molar-refractivity contribution < 1.29 is 4.79 Å². The maximum Gasteiger partial charge on any atom is 0.251 e. The molecule has 0 aromatic heterocycles. The molecule has 154 valence electrons. The maximum atomic E-state index is 12.7. The molecule has 2 heterocycles. The van der Waals surface area contributed by atoms with Crippen LogP contribution in [-0.4, -0.2) is 41.4 Å². The van der Waals surface area contributed by atoms with Gasteiger partial charge in [-0.25, -0.2) is 0 Å². The third-order valence-electron chi connectivity index (χ3n) is 5.92. The van der Waals surface area contributed by atoms with Gasteiger partial charge >= 0.3 is 0 Å². The highest BCUT2D eigenvalue weighted by molar-refractivity contribution is 8.16. The molecular weight excluding hydrogens is 396 g/mol. The van der Waals surface area contributed by atoms with Crippen LogP contribution in [0.2, 0.25) is 0 Å². The summed E-state index contributed by atoms with van der Waals surface area (Å²) in [5, 5.41) is 3.18. The number of rotatable bonds is 6. The van der Waals surface area contributed by atoms with Gasteiger partial charge in [0, 0.05) is 31.2 Å². The normalized spacial score (nSPS) is 18.8. The molecule has 4 rings (SSSR count). The zero-order chi connectivity index (χ0) is 20.1. The first-order chi connectivity index (χ1) is 14.2. The van der Waals surface area contributed by atoms with Crippen LogP contribution in [0.4, 0.5) is 0 Å². The molecule has 0 saturated carbocycles. The molecule has 0 radical (unpaired) electrons. The van der Waals surface area contributed by atoms with Gasteiger partial charge in [0.15, 0.2) is 0 Å². The van der Waals surface area contributed by atoms with E-state index in [0.717, 1.165) is 31.5 Å². The lowest BCUT2D eigenvalue weighted by Gasteiger charge is -2.35. The van der Waals surface area contributed by atoms with Crippen molar-refractivity contribution in [3.05, 3.63) is 70.8 Å². The van der Waals surface area contributed by atoms with E-state index in [1.165, 1.54) is 34.6 Å². The van der Waals surface area contributed by atoms with Crippen molar-refractivity contribution >= 4 is 29.4 Å². The number of benzene rings is 2. The molecule has 5 heteroatoms. The number of fused-ring (bicyclic) bond motifs is 1. The predicted octanol–water partition coefficient (Wildman–Crippen LogP) is 5.12. The zero-order valence-corrected chi connectivity index (χ0v) is 18.7. The van der Waals surface area contributed by atoms with Crippen LogP contribution in [0.3, 0.4) is 0 Å². The Morgan fingerprint density at radius 1 is 1.10 bits per heavy atom. The molecule has 1 amide bonds. The standard InChI is InChI=1S/C24H30N2OS2/c1-2-22(26-13-12-18-6-3-4-7-21(18)17-26)16-25-23(27)19-8-10-20(11-9-19)24-28-14-5-15-29-24/h3-4,6-11,22,24H,2,5,12-17H2,1H3,(H,25,27). The molecule has 2 aliphatic heterocycles. The number of hydrogen-bond acceptors (Lipinski definition) is 4. The molecule has 0 aliphatic carbocycles. The van der Waals surface area contributed by atoms with Crippen molar-refractivity contribution in [2.45, 2.75) is 43.4 Å². The van der Waals surface area contributed by atoms with Crippen LogP contribution in [0.1, 0.15) is 51.4 Å². The van der Waals surface area contributed by atoms with Gasteiger partial charge < -0.3 is 5.32 Å². The van der Waals surface area contributed by atoms with E-state index in [0.29, 0.717) is 17.2 Å². The lowest BCUT2D eigenvalue weighted by molar-refractivity contribution is 0.0926. The fourth-order valence-corrected chi connectivity index (χ4v) is 7.04. The number of amides is 1. The summed E-state index contributed by atoms with van der Waals surface area (Å²) in [6.07, 6.45) is 3.43.